The van der Waals surface area contributed by atoms with E-state index in [0.29, 0.717) is 17.9 Å². The maximum atomic E-state index is 12.4. The molecule has 122 valence electrons. The van der Waals surface area contributed by atoms with E-state index in [1.807, 2.05) is 6.92 Å². The summed E-state index contributed by atoms with van der Waals surface area (Å²) in [7, 11) is -3.81. The molecule has 0 unspecified atom stereocenters. The van der Waals surface area contributed by atoms with Crippen LogP contribution in [0.2, 0.25) is 0 Å². The van der Waals surface area contributed by atoms with Crippen LogP contribution in [0.25, 0.3) is 0 Å². The molecule has 0 aliphatic heterocycles. The third kappa shape index (κ3) is 4.01. The van der Waals surface area contributed by atoms with Crippen molar-refractivity contribution in [3.8, 4) is 5.75 Å². The predicted octanol–water partition coefficient (Wildman–Crippen LogP) is 2.89. The molecule has 0 heterocycles. The number of carboxylic acid groups (broad SMARTS) is 1. The predicted molar refractivity (Wildman–Crippen MR) is 86.6 cm³/mol. The van der Waals surface area contributed by atoms with E-state index >= 15 is 0 Å². The third-order valence-electron chi connectivity index (χ3n) is 3.12. The number of sulfonamides is 1. The highest BCUT2D eigenvalue weighted by molar-refractivity contribution is 7.92. The molecule has 0 fully saturated rings. The molecule has 2 aromatic carbocycles. The lowest BCUT2D eigenvalue weighted by Gasteiger charge is -2.11. The molecule has 2 aromatic rings. The Hall–Kier alpha value is -2.54. The summed E-state index contributed by atoms with van der Waals surface area (Å²) in [6.07, 6.45) is 0. The SMILES string of the molecule is CCOc1ccc(S(=O)(=O)Nc2cccc(C(=O)O)c2)cc1C. The van der Waals surface area contributed by atoms with Gasteiger partial charge in [-0.25, -0.2) is 13.2 Å². The molecule has 23 heavy (non-hydrogen) atoms. The van der Waals surface area contributed by atoms with Crippen molar-refractivity contribution in [3.05, 3.63) is 53.6 Å². The Morgan fingerprint density at radius 3 is 2.57 bits per heavy atom. The summed E-state index contributed by atoms with van der Waals surface area (Å²) in [5, 5.41) is 8.95. The number of ether oxygens (including phenoxy) is 1. The van der Waals surface area contributed by atoms with Crippen LogP contribution in [0.3, 0.4) is 0 Å². The van der Waals surface area contributed by atoms with Gasteiger partial charge in [0.05, 0.1) is 17.1 Å². The first-order chi connectivity index (χ1) is 10.8. The summed E-state index contributed by atoms with van der Waals surface area (Å²) in [6, 6.07) is 10.2. The molecule has 0 bridgehead atoms. The Balaban J connectivity index is 2.30. The van der Waals surface area contributed by atoms with E-state index in [1.54, 1.807) is 13.0 Å². The van der Waals surface area contributed by atoms with Gasteiger partial charge in [0, 0.05) is 5.69 Å². The number of benzene rings is 2. The Morgan fingerprint density at radius 2 is 1.96 bits per heavy atom. The minimum absolute atomic E-state index is 0.00748. The first-order valence-electron chi connectivity index (χ1n) is 6.93. The fourth-order valence-corrected chi connectivity index (χ4v) is 3.17. The summed E-state index contributed by atoms with van der Waals surface area (Å²) < 4.78 is 32.6. The number of aryl methyl sites for hydroxylation is 1. The first kappa shape index (κ1) is 16.8. The molecule has 0 atom stereocenters. The number of rotatable bonds is 6. The molecule has 0 saturated carbocycles. The Kier molecular flexibility index (Phi) is 4.90. The normalized spacial score (nSPS) is 11.0. The van der Waals surface area contributed by atoms with Crippen LogP contribution in [0.15, 0.2) is 47.4 Å². The summed E-state index contributed by atoms with van der Waals surface area (Å²) in [5.41, 5.74) is 0.901. The van der Waals surface area contributed by atoms with Gasteiger partial charge in [-0.3, -0.25) is 4.72 Å². The zero-order chi connectivity index (χ0) is 17.0. The van der Waals surface area contributed by atoms with Crippen molar-refractivity contribution in [1.82, 2.24) is 0 Å². The zero-order valence-corrected chi connectivity index (χ0v) is 13.6. The lowest BCUT2D eigenvalue weighted by Crippen LogP contribution is -2.13. The Labute approximate surface area is 134 Å². The van der Waals surface area contributed by atoms with E-state index in [0.717, 1.165) is 0 Å². The number of anilines is 1. The van der Waals surface area contributed by atoms with Crippen molar-refractivity contribution < 1.29 is 23.1 Å². The number of nitrogens with one attached hydrogen (secondary N) is 1. The van der Waals surface area contributed by atoms with Crippen LogP contribution in [-0.4, -0.2) is 26.1 Å². The van der Waals surface area contributed by atoms with Gasteiger partial charge in [-0.15, -0.1) is 0 Å². The largest absolute Gasteiger partial charge is 0.494 e. The van der Waals surface area contributed by atoms with Gasteiger partial charge >= 0.3 is 5.97 Å². The van der Waals surface area contributed by atoms with E-state index in [4.69, 9.17) is 9.84 Å². The first-order valence-corrected chi connectivity index (χ1v) is 8.41. The number of aromatic carboxylic acids is 1. The van der Waals surface area contributed by atoms with E-state index in [9.17, 15) is 13.2 Å². The molecule has 2 rings (SSSR count). The molecule has 0 aliphatic carbocycles. The maximum Gasteiger partial charge on any atom is 0.335 e. The third-order valence-corrected chi connectivity index (χ3v) is 4.50. The zero-order valence-electron chi connectivity index (χ0n) is 12.7. The second-order valence-corrected chi connectivity index (χ2v) is 6.53. The quantitative estimate of drug-likeness (QED) is 0.847. The van der Waals surface area contributed by atoms with Gasteiger partial charge in [0.1, 0.15) is 5.75 Å². The van der Waals surface area contributed by atoms with Gasteiger partial charge in [-0.1, -0.05) is 6.07 Å². The minimum Gasteiger partial charge on any atom is -0.494 e. The van der Waals surface area contributed by atoms with Crippen LogP contribution >= 0.6 is 0 Å². The van der Waals surface area contributed by atoms with Crippen LogP contribution in [0.5, 0.6) is 5.75 Å². The average Bonchev–Trinajstić information content (AvgIpc) is 2.49. The van der Waals surface area contributed by atoms with Gasteiger partial charge in [-0.2, -0.15) is 0 Å². The molecule has 0 amide bonds. The number of carbonyl (C=O) groups is 1. The maximum absolute atomic E-state index is 12.4. The number of hydrogen-bond donors (Lipinski definition) is 2. The highest BCUT2D eigenvalue weighted by Crippen LogP contribution is 2.23. The van der Waals surface area contributed by atoms with Crippen molar-refractivity contribution in [3.63, 3.8) is 0 Å². The smallest absolute Gasteiger partial charge is 0.335 e. The van der Waals surface area contributed by atoms with Crippen molar-refractivity contribution in [1.29, 1.82) is 0 Å². The summed E-state index contributed by atoms with van der Waals surface area (Å²) in [5.74, 6) is -0.498. The van der Waals surface area contributed by atoms with Gasteiger partial charge in [0.25, 0.3) is 10.0 Å². The van der Waals surface area contributed by atoms with Gasteiger partial charge in [-0.05, 0) is 55.8 Å². The Morgan fingerprint density at radius 1 is 1.22 bits per heavy atom. The van der Waals surface area contributed by atoms with E-state index < -0.39 is 16.0 Å². The van der Waals surface area contributed by atoms with Crippen molar-refractivity contribution >= 4 is 21.7 Å². The van der Waals surface area contributed by atoms with Crippen molar-refractivity contribution in [2.24, 2.45) is 0 Å². The molecule has 0 aromatic heterocycles. The highest BCUT2D eigenvalue weighted by Gasteiger charge is 2.16. The monoisotopic (exact) mass is 335 g/mol. The molecule has 0 spiro atoms. The fraction of sp³-hybridized carbons (Fsp3) is 0.188. The van der Waals surface area contributed by atoms with Gasteiger partial charge in [0.15, 0.2) is 0 Å². The van der Waals surface area contributed by atoms with Crippen LogP contribution in [-0.2, 0) is 10.0 Å². The summed E-state index contributed by atoms with van der Waals surface area (Å²) >= 11 is 0. The highest BCUT2D eigenvalue weighted by atomic mass is 32.2. The minimum atomic E-state index is -3.81. The van der Waals surface area contributed by atoms with Crippen LogP contribution in [0.1, 0.15) is 22.8 Å². The van der Waals surface area contributed by atoms with E-state index in [-0.39, 0.29) is 16.1 Å². The van der Waals surface area contributed by atoms with Crippen molar-refractivity contribution in [2.45, 2.75) is 18.7 Å². The molecular formula is C16H17NO5S. The summed E-state index contributed by atoms with van der Waals surface area (Å²) in [4.78, 5) is 11.0. The Bertz CT molecular complexity index is 830. The second kappa shape index (κ2) is 6.70. The molecule has 6 nitrogen and oxygen atoms in total. The average molecular weight is 335 g/mol. The second-order valence-electron chi connectivity index (χ2n) is 4.85. The standard InChI is InChI=1S/C16H17NO5S/c1-3-22-15-8-7-14(9-11(15)2)23(20,21)17-13-6-4-5-12(10-13)16(18)19/h4-10,17H,3H2,1-2H3,(H,18,19). The fourth-order valence-electron chi connectivity index (χ4n) is 2.04. The molecule has 0 aliphatic rings. The van der Waals surface area contributed by atoms with Crippen LogP contribution in [0.4, 0.5) is 5.69 Å². The van der Waals surface area contributed by atoms with Crippen LogP contribution in [0, 0.1) is 6.92 Å². The summed E-state index contributed by atoms with van der Waals surface area (Å²) in [6.45, 7) is 4.10. The molecule has 2 N–H and O–H groups in total. The number of hydrogen-bond acceptors (Lipinski definition) is 4. The molecule has 0 saturated heterocycles. The van der Waals surface area contributed by atoms with Gasteiger partial charge in [0.2, 0.25) is 0 Å². The van der Waals surface area contributed by atoms with E-state index in [1.165, 1.54) is 36.4 Å². The van der Waals surface area contributed by atoms with Crippen molar-refractivity contribution in [2.75, 3.05) is 11.3 Å². The lowest BCUT2D eigenvalue weighted by atomic mass is 10.2. The topological polar surface area (TPSA) is 92.7 Å². The van der Waals surface area contributed by atoms with Gasteiger partial charge < -0.3 is 9.84 Å². The molecular weight excluding hydrogens is 318 g/mol. The van der Waals surface area contributed by atoms with E-state index in [2.05, 4.69) is 4.72 Å². The molecule has 0 radical (unpaired) electrons. The van der Waals surface area contributed by atoms with Crippen LogP contribution < -0.4 is 9.46 Å². The lowest BCUT2D eigenvalue weighted by molar-refractivity contribution is 0.0697. The number of carboxylic acids is 1. The molecule has 7 heteroatoms.